The molecular weight excluding hydrogens is 372 g/mol. The van der Waals surface area contributed by atoms with Gasteiger partial charge in [0.1, 0.15) is 5.82 Å². The van der Waals surface area contributed by atoms with Crippen LogP contribution in [-0.4, -0.2) is 57.4 Å². The number of para-hydroxylation sites is 1. The second-order valence-electron chi connectivity index (χ2n) is 7.14. The molecule has 0 unspecified atom stereocenters. The third-order valence-electron chi connectivity index (χ3n) is 5.43. The highest BCUT2D eigenvalue weighted by molar-refractivity contribution is 7.99. The van der Waals surface area contributed by atoms with Gasteiger partial charge in [-0.15, -0.1) is 0 Å². The first kappa shape index (κ1) is 17.3. The van der Waals surface area contributed by atoms with Crippen LogP contribution in [0.3, 0.4) is 0 Å². The molecule has 6 nitrogen and oxygen atoms in total. The van der Waals surface area contributed by atoms with Gasteiger partial charge in [-0.25, -0.2) is 4.98 Å². The van der Waals surface area contributed by atoms with Gasteiger partial charge in [0.05, 0.1) is 16.6 Å². The number of hydrogen-bond donors (Lipinski definition) is 1. The molecule has 0 saturated carbocycles. The number of amides is 2. The smallest absolute Gasteiger partial charge is 0.253 e. The van der Waals surface area contributed by atoms with Crippen molar-refractivity contribution in [2.24, 2.45) is 0 Å². The van der Waals surface area contributed by atoms with E-state index < -0.39 is 0 Å². The van der Waals surface area contributed by atoms with Gasteiger partial charge in [0.2, 0.25) is 0 Å². The lowest BCUT2D eigenvalue weighted by atomic mass is 10.1. The molecule has 0 radical (unpaired) electrons. The maximum Gasteiger partial charge on any atom is 0.253 e. The van der Waals surface area contributed by atoms with Gasteiger partial charge in [-0.1, -0.05) is 18.2 Å². The van der Waals surface area contributed by atoms with Crippen molar-refractivity contribution in [3.8, 4) is 11.4 Å². The number of nitrogens with zero attached hydrogens (tertiary/aromatic N) is 3. The summed E-state index contributed by atoms with van der Waals surface area (Å²) in [6, 6.07) is 13.3. The normalized spacial score (nSPS) is 17.0. The van der Waals surface area contributed by atoms with Crippen LogP contribution in [-0.2, 0) is 6.54 Å². The van der Waals surface area contributed by atoms with Gasteiger partial charge >= 0.3 is 0 Å². The van der Waals surface area contributed by atoms with E-state index in [1.54, 1.807) is 0 Å². The molecule has 2 aliphatic heterocycles. The minimum absolute atomic E-state index is 0.0566. The Morgan fingerprint density at radius 2 is 1.82 bits per heavy atom. The van der Waals surface area contributed by atoms with Crippen molar-refractivity contribution in [2.45, 2.75) is 6.54 Å². The van der Waals surface area contributed by atoms with Crippen LogP contribution in [0.25, 0.3) is 22.4 Å². The van der Waals surface area contributed by atoms with Gasteiger partial charge in [-0.05, 0) is 35.8 Å². The Morgan fingerprint density at radius 1 is 1.04 bits per heavy atom. The fourth-order valence-corrected chi connectivity index (χ4v) is 5.10. The summed E-state index contributed by atoms with van der Waals surface area (Å²) in [4.78, 5) is 31.8. The molecular formula is C21H22N4O2S. The van der Waals surface area contributed by atoms with Crippen molar-refractivity contribution in [3.63, 3.8) is 0 Å². The van der Waals surface area contributed by atoms with Crippen LogP contribution in [0.4, 0.5) is 0 Å². The van der Waals surface area contributed by atoms with Crippen molar-refractivity contribution in [1.82, 2.24) is 19.8 Å². The second-order valence-corrected chi connectivity index (χ2v) is 8.64. The number of carbonyl (C=O) groups excluding carboxylic acids is 2. The van der Waals surface area contributed by atoms with Crippen LogP contribution in [0.1, 0.15) is 20.7 Å². The molecule has 7 heteroatoms. The Kier molecular flexibility index (Phi) is 4.31. The summed E-state index contributed by atoms with van der Waals surface area (Å²) in [5.74, 6) is 3.11. The van der Waals surface area contributed by atoms with Gasteiger partial charge < -0.3 is 14.8 Å². The molecule has 0 bridgehead atoms. The Morgan fingerprint density at radius 3 is 2.61 bits per heavy atom. The highest BCUT2D eigenvalue weighted by atomic mass is 32.2. The summed E-state index contributed by atoms with van der Waals surface area (Å²) in [5.41, 5.74) is 4.03. The van der Waals surface area contributed by atoms with Crippen LogP contribution in [0.5, 0.6) is 0 Å². The molecule has 3 heterocycles. The van der Waals surface area contributed by atoms with E-state index in [1.165, 1.54) is 0 Å². The fraction of sp³-hybridized carbons (Fsp3) is 0.286. The zero-order valence-electron chi connectivity index (χ0n) is 15.4. The van der Waals surface area contributed by atoms with E-state index in [0.29, 0.717) is 18.7 Å². The number of hydrogen-bond acceptors (Lipinski definition) is 3. The van der Waals surface area contributed by atoms with Gasteiger partial charge in [-0.3, -0.25) is 21.4 Å². The largest absolute Gasteiger partial charge is 0.350 e. The average molecular weight is 395 g/mol. The Balaban J connectivity index is 1.52. The Hall–Kier alpha value is -2.80. The molecule has 144 valence electrons. The maximum atomic E-state index is 12.7. The molecule has 1 saturated heterocycles. The third kappa shape index (κ3) is 2.86. The SMILES string of the molecule is O=C1NCCn2c(-c3ccc(C(=O)N4CC[SH2]CC4)cc3)nc3cccc1c32. The van der Waals surface area contributed by atoms with Crippen molar-refractivity contribution >= 4 is 34.6 Å². The van der Waals surface area contributed by atoms with E-state index in [0.717, 1.165) is 64.3 Å². The zero-order valence-corrected chi connectivity index (χ0v) is 16.4. The standard InChI is InChI=1S/C21H22N4O2S/c26-20-16-2-1-3-17-18(16)25(9-8-22-20)19(23-17)14-4-6-15(7-5-14)21(27)24-10-12-28-13-11-24/h1-7H,8-13,28H2,(H,22,26). The number of benzene rings is 2. The second kappa shape index (κ2) is 6.98. The average Bonchev–Trinajstić information content (AvgIpc) is 3.03. The number of imidazole rings is 1. The van der Waals surface area contributed by atoms with Gasteiger partial charge in [0.15, 0.2) is 0 Å². The molecule has 0 atom stereocenters. The molecule has 1 N–H and O–H groups in total. The predicted molar refractivity (Wildman–Crippen MR) is 114 cm³/mol. The number of aromatic nitrogens is 2. The molecule has 1 aromatic heterocycles. The molecule has 1 fully saturated rings. The molecule has 3 aromatic rings. The summed E-state index contributed by atoms with van der Waals surface area (Å²) in [6.07, 6.45) is 0. The molecule has 28 heavy (non-hydrogen) atoms. The van der Waals surface area contributed by atoms with E-state index in [1.807, 2.05) is 47.4 Å². The van der Waals surface area contributed by atoms with Crippen LogP contribution < -0.4 is 5.32 Å². The number of carbonyl (C=O) groups is 2. The van der Waals surface area contributed by atoms with Crippen molar-refractivity contribution in [1.29, 1.82) is 0 Å². The molecule has 5 rings (SSSR count). The van der Waals surface area contributed by atoms with E-state index in [-0.39, 0.29) is 11.8 Å². The number of rotatable bonds is 2. The van der Waals surface area contributed by atoms with Crippen molar-refractivity contribution in [2.75, 3.05) is 31.1 Å². The minimum atomic E-state index is -0.0566. The summed E-state index contributed by atoms with van der Waals surface area (Å²) in [7, 11) is 0. The first-order valence-electron chi connectivity index (χ1n) is 9.60. The highest BCUT2D eigenvalue weighted by Crippen LogP contribution is 2.28. The minimum Gasteiger partial charge on any atom is -0.350 e. The van der Waals surface area contributed by atoms with Crippen LogP contribution in [0.15, 0.2) is 42.5 Å². The van der Waals surface area contributed by atoms with Gasteiger partial charge in [-0.2, -0.15) is 0 Å². The zero-order chi connectivity index (χ0) is 19.1. The summed E-state index contributed by atoms with van der Waals surface area (Å²) >= 11 is 0.978. The first-order chi connectivity index (χ1) is 13.7. The van der Waals surface area contributed by atoms with Gasteiger partial charge in [0.25, 0.3) is 11.8 Å². The molecule has 2 aliphatic rings. The predicted octanol–water partition coefficient (Wildman–Crippen LogP) is 2.10. The molecule has 2 amide bonds. The van der Waals surface area contributed by atoms with Crippen molar-refractivity contribution < 1.29 is 9.59 Å². The maximum absolute atomic E-state index is 12.7. The lowest BCUT2D eigenvalue weighted by Gasteiger charge is -2.27. The fourth-order valence-electron chi connectivity index (χ4n) is 4.00. The Bertz CT molecular complexity index is 1070. The van der Waals surface area contributed by atoms with Gasteiger partial charge in [0, 0.05) is 37.3 Å². The molecule has 0 aliphatic carbocycles. The monoisotopic (exact) mass is 394 g/mol. The van der Waals surface area contributed by atoms with E-state index in [4.69, 9.17) is 4.98 Å². The topological polar surface area (TPSA) is 67.2 Å². The summed E-state index contributed by atoms with van der Waals surface area (Å²) < 4.78 is 2.10. The quantitative estimate of drug-likeness (QED) is 0.724. The summed E-state index contributed by atoms with van der Waals surface area (Å²) in [6.45, 7) is 2.96. The van der Waals surface area contributed by atoms with Crippen molar-refractivity contribution in [3.05, 3.63) is 53.6 Å². The molecule has 2 aromatic carbocycles. The Labute approximate surface area is 166 Å². The summed E-state index contributed by atoms with van der Waals surface area (Å²) in [5, 5.41) is 2.94. The lowest BCUT2D eigenvalue weighted by Crippen LogP contribution is -2.37. The highest BCUT2D eigenvalue weighted by Gasteiger charge is 2.22. The van der Waals surface area contributed by atoms with Crippen LogP contribution in [0, 0.1) is 0 Å². The van der Waals surface area contributed by atoms with E-state index in [2.05, 4.69) is 9.88 Å². The van der Waals surface area contributed by atoms with E-state index >= 15 is 0 Å². The van der Waals surface area contributed by atoms with Crippen LogP contribution >= 0.6 is 11.8 Å². The first-order valence-corrected chi connectivity index (χ1v) is 11.0. The lowest BCUT2D eigenvalue weighted by molar-refractivity contribution is 0.0772. The molecule has 0 spiro atoms. The number of nitrogens with one attached hydrogen (secondary N) is 1. The third-order valence-corrected chi connectivity index (χ3v) is 6.58. The van der Waals surface area contributed by atoms with Crippen LogP contribution in [0.2, 0.25) is 0 Å². The van der Waals surface area contributed by atoms with E-state index in [9.17, 15) is 9.59 Å².